The van der Waals surface area contributed by atoms with Gasteiger partial charge in [-0.2, -0.15) is 0 Å². The van der Waals surface area contributed by atoms with Gasteiger partial charge in [0.05, 0.1) is 5.56 Å². The minimum atomic E-state index is -0.264. The molecular weight excluding hydrogens is 503 g/mol. The Hall–Kier alpha value is -3.56. The molecule has 2 heterocycles. The number of carbonyl (C=O) groups excluding carboxylic acids is 2. The maximum absolute atomic E-state index is 12.9. The van der Waals surface area contributed by atoms with Crippen molar-refractivity contribution in [2.75, 3.05) is 49.5 Å². The SMILES string of the molecule is CC(=O)NCCNc1cc(N2CCN(C(=O)c3cc(Cl)ccc3O)CC2)nc(-c2ccc(Cl)cc2)n1. The minimum absolute atomic E-state index is 0.0924. The third kappa shape index (κ3) is 6.35. The van der Waals surface area contributed by atoms with Crippen LogP contribution >= 0.6 is 23.2 Å². The summed E-state index contributed by atoms with van der Waals surface area (Å²) >= 11 is 12.1. The zero-order valence-corrected chi connectivity index (χ0v) is 21.2. The zero-order valence-electron chi connectivity index (χ0n) is 19.7. The molecule has 188 valence electrons. The number of anilines is 2. The normalized spacial score (nSPS) is 13.4. The lowest BCUT2D eigenvalue weighted by Gasteiger charge is -2.35. The molecule has 2 amide bonds. The second-order valence-corrected chi connectivity index (χ2v) is 9.17. The van der Waals surface area contributed by atoms with E-state index in [1.165, 1.54) is 19.1 Å². The van der Waals surface area contributed by atoms with Gasteiger partial charge in [-0.25, -0.2) is 9.97 Å². The predicted octanol–water partition coefficient (Wildman–Crippen LogP) is 3.67. The molecule has 0 aliphatic carbocycles. The molecule has 4 rings (SSSR count). The van der Waals surface area contributed by atoms with E-state index in [-0.39, 0.29) is 23.1 Å². The smallest absolute Gasteiger partial charge is 0.257 e. The second kappa shape index (κ2) is 11.5. The Morgan fingerprint density at radius 2 is 1.64 bits per heavy atom. The Labute approximate surface area is 219 Å². The van der Waals surface area contributed by atoms with Gasteiger partial charge in [-0.3, -0.25) is 9.59 Å². The monoisotopic (exact) mass is 528 g/mol. The van der Waals surface area contributed by atoms with Gasteiger partial charge in [0.15, 0.2) is 5.82 Å². The summed E-state index contributed by atoms with van der Waals surface area (Å²) in [7, 11) is 0. The molecule has 1 saturated heterocycles. The summed E-state index contributed by atoms with van der Waals surface area (Å²) < 4.78 is 0. The van der Waals surface area contributed by atoms with E-state index in [0.717, 1.165) is 11.4 Å². The maximum Gasteiger partial charge on any atom is 0.257 e. The van der Waals surface area contributed by atoms with Crippen molar-refractivity contribution in [3.63, 3.8) is 0 Å². The van der Waals surface area contributed by atoms with Gasteiger partial charge in [-0.15, -0.1) is 0 Å². The van der Waals surface area contributed by atoms with Gasteiger partial charge < -0.3 is 25.5 Å². The summed E-state index contributed by atoms with van der Waals surface area (Å²) in [5.41, 5.74) is 1.00. The Kier molecular flexibility index (Phi) is 8.12. The molecule has 1 fully saturated rings. The van der Waals surface area contributed by atoms with Gasteiger partial charge in [0.25, 0.3) is 5.91 Å². The van der Waals surface area contributed by atoms with Gasteiger partial charge >= 0.3 is 0 Å². The fourth-order valence-electron chi connectivity index (χ4n) is 3.83. The Bertz CT molecular complexity index is 1250. The molecule has 2 aromatic carbocycles. The summed E-state index contributed by atoms with van der Waals surface area (Å²) in [5.74, 6) is 1.42. The van der Waals surface area contributed by atoms with Crippen LogP contribution < -0.4 is 15.5 Å². The molecule has 3 N–H and O–H groups in total. The molecule has 0 unspecified atom stereocenters. The van der Waals surface area contributed by atoms with Gasteiger partial charge in [0.2, 0.25) is 5.91 Å². The molecule has 1 aliphatic rings. The minimum Gasteiger partial charge on any atom is -0.507 e. The van der Waals surface area contributed by atoms with Crippen LogP contribution in [0.15, 0.2) is 48.5 Å². The van der Waals surface area contributed by atoms with Crippen LogP contribution in [0.3, 0.4) is 0 Å². The van der Waals surface area contributed by atoms with Crippen LogP contribution in [0.25, 0.3) is 11.4 Å². The number of nitrogens with one attached hydrogen (secondary N) is 2. The molecule has 0 radical (unpaired) electrons. The van der Waals surface area contributed by atoms with Crippen molar-refractivity contribution in [3.05, 3.63) is 64.1 Å². The fraction of sp³-hybridized carbons (Fsp3) is 0.280. The molecule has 0 saturated carbocycles. The summed E-state index contributed by atoms with van der Waals surface area (Å²) in [6, 6.07) is 13.6. The number of phenols is 1. The molecule has 3 aromatic rings. The van der Waals surface area contributed by atoms with Crippen molar-refractivity contribution in [1.29, 1.82) is 0 Å². The van der Waals surface area contributed by atoms with E-state index in [0.29, 0.717) is 61.0 Å². The Morgan fingerprint density at radius 1 is 0.944 bits per heavy atom. The van der Waals surface area contributed by atoms with Crippen LogP contribution in [-0.4, -0.2) is 71.1 Å². The first-order chi connectivity index (χ1) is 17.3. The van der Waals surface area contributed by atoms with E-state index < -0.39 is 0 Å². The fourth-order valence-corrected chi connectivity index (χ4v) is 4.13. The van der Waals surface area contributed by atoms with E-state index in [9.17, 15) is 14.7 Å². The van der Waals surface area contributed by atoms with E-state index >= 15 is 0 Å². The maximum atomic E-state index is 12.9. The lowest BCUT2D eigenvalue weighted by molar-refractivity contribution is -0.118. The van der Waals surface area contributed by atoms with Crippen molar-refractivity contribution in [2.45, 2.75) is 6.92 Å². The average Bonchev–Trinajstić information content (AvgIpc) is 2.88. The summed E-state index contributed by atoms with van der Waals surface area (Å²) in [6.07, 6.45) is 0. The summed E-state index contributed by atoms with van der Waals surface area (Å²) in [6.45, 7) is 4.45. The number of amides is 2. The van der Waals surface area contributed by atoms with Crippen molar-refractivity contribution < 1.29 is 14.7 Å². The van der Waals surface area contributed by atoms with Crippen LogP contribution in [0.2, 0.25) is 10.0 Å². The number of carbonyl (C=O) groups is 2. The first kappa shape index (κ1) is 25.5. The number of nitrogens with zero attached hydrogens (tertiary/aromatic N) is 4. The quantitative estimate of drug-likeness (QED) is 0.401. The first-order valence-electron chi connectivity index (χ1n) is 11.5. The molecule has 11 heteroatoms. The summed E-state index contributed by atoms with van der Waals surface area (Å²) in [5, 5.41) is 17.1. The highest BCUT2D eigenvalue weighted by molar-refractivity contribution is 6.31. The Morgan fingerprint density at radius 3 is 2.33 bits per heavy atom. The topological polar surface area (TPSA) is 111 Å². The third-order valence-electron chi connectivity index (χ3n) is 5.70. The van der Waals surface area contributed by atoms with E-state index in [4.69, 9.17) is 28.2 Å². The number of hydrogen-bond acceptors (Lipinski definition) is 7. The van der Waals surface area contributed by atoms with Crippen LogP contribution in [0, 0.1) is 0 Å². The zero-order chi connectivity index (χ0) is 25.7. The van der Waals surface area contributed by atoms with E-state index in [1.807, 2.05) is 18.2 Å². The molecule has 1 aliphatic heterocycles. The number of benzene rings is 2. The van der Waals surface area contributed by atoms with Crippen molar-refractivity contribution in [2.24, 2.45) is 0 Å². The standard InChI is InChI=1S/C25H26Cl2N6O3/c1-16(34)28-8-9-29-22-15-23(31-24(30-22)17-2-4-18(26)5-3-17)32-10-12-33(13-11-32)25(36)20-14-19(27)6-7-21(20)35/h2-7,14-15,35H,8-13H2,1H3,(H,28,34)(H,29,30,31). The highest BCUT2D eigenvalue weighted by atomic mass is 35.5. The number of hydrogen-bond donors (Lipinski definition) is 3. The molecular formula is C25H26Cl2N6O3. The summed E-state index contributed by atoms with van der Waals surface area (Å²) in [4.78, 5) is 37.3. The number of aromatic hydroxyl groups is 1. The van der Waals surface area contributed by atoms with Gasteiger partial charge in [0.1, 0.15) is 17.4 Å². The second-order valence-electron chi connectivity index (χ2n) is 8.29. The largest absolute Gasteiger partial charge is 0.507 e. The van der Waals surface area contributed by atoms with Crippen molar-refractivity contribution in [1.82, 2.24) is 20.2 Å². The van der Waals surface area contributed by atoms with Crippen LogP contribution in [0.4, 0.5) is 11.6 Å². The van der Waals surface area contributed by atoms with E-state index in [1.54, 1.807) is 23.1 Å². The number of aromatic nitrogens is 2. The van der Waals surface area contributed by atoms with Crippen molar-refractivity contribution >= 4 is 46.7 Å². The number of halogens is 2. The molecule has 0 bridgehead atoms. The van der Waals surface area contributed by atoms with Crippen molar-refractivity contribution in [3.8, 4) is 17.1 Å². The van der Waals surface area contributed by atoms with Crippen LogP contribution in [-0.2, 0) is 4.79 Å². The molecule has 36 heavy (non-hydrogen) atoms. The number of phenolic OH excluding ortho intramolecular Hbond substituents is 1. The highest BCUT2D eigenvalue weighted by Gasteiger charge is 2.25. The lowest BCUT2D eigenvalue weighted by atomic mass is 10.1. The number of piperazine rings is 1. The third-order valence-corrected chi connectivity index (χ3v) is 6.19. The van der Waals surface area contributed by atoms with Gasteiger partial charge in [-0.1, -0.05) is 23.2 Å². The first-order valence-corrected chi connectivity index (χ1v) is 12.2. The van der Waals surface area contributed by atoms with Crippen LogP contribution in [0.5, 0.6) is 5.75 Å². The van der Waals surface area contributed by atoms with Gasteiger partial charge in [0, 0.05) is 67.9 Å². The molecule has 1 aromatic heterocycles. The van der Waals surface area contributed by atoms with E-state index in [2.05, 4.69) is 20.5 Å². The Balaban J connectivity index is 1.51. The van der Waals surface area contributed by atoms with Gasteiger partial charge in [-0.05, 0) is 42.5 Å². The average molecular weight is 529 g/mol. The van der Waals surface area contributed by atoms with Crippen LogP contribution in [0.1, 0.15) is 17.3 Å². The number of rotatable bonds is 7. The molecule has 9 nitrogen and oxygen atoms in total. The highest BCUT2D eigenvalue weighted by Crippen LogP contribution is 2.26. The predicted molar refractivity (Wildman–Crippen MR) is 141 cm³/mol. The molecule has 0 spiro atoms. The molecule has 0 atom stereocenters. The lowest BCUT2D eigenvalue weighted by Crippen LogP contribution is -2.49.